The molecular formula is C20H21F3N6O3. The van der Waals surface area contributed by atoms with Crippen molar-refractivity contribution in [3.05, 3.63) is 42.0 Å². The second kappa shape index (κ2) is 9.67. The summed E-state index contributed by atoms with van der Waals surface area (Å²) in [5, 5.41) is 9.09. The molecule has 3 rings (SSSR count). The van der Waals surface area contributed by atoms with Crippen molar-refractivity contribution in [2.45, 2.75) is 38.8 Å². The Morgan fingerprint density at radius 3 is 2.66 bits per heavy atom. The summed E-state index contributed by atoms with van der Waals surface area (Å²) in [5.41, 5.74) is 1.10. The van der Waals surface area contributed by atoms with Gasteiger partial charge in [-0.05, 0) is 19.9 Å². The van der Waals surface area contributed by atoms with E-state index in [9.17, 15) is 18.0 Å². The van der Waals surface area contributed by atoms with Gasteiger partial charge in [-0.25, -0.2) is 14.8 Å². The van der Waals surface area contributed by atoms with Gasteiger partial charge in [0, 0.05) is 43.6 Å². The lowest BCUT2D eigenvalue weighted by atomic mass is 10.2. The van der Waals surface area contributed by atoms with Crippen molar-refractivity contribution in [1.29, 1.82) is 5.26 Å². The third-order valence-electron chi connectivity index (χ3n) is 4.92. The highest BCUT2D eigenvalue weighted by molar-refractivity contribution is 5.68. The summed E-state index contributed by atoms with van der Waals surface area (Å²) in [5.74, 6) is 0.814. The summed E-state index contributed by atoms with van der Waals surface area (Å²) in [4.78, 5) is 27.6. The number of carbonyl (C=O) groups is 1. The molecule has 2 unspecified atom stereocenters. The Labute approximate surface area is 182 Å². The molecule has 1 amide bonds. The van der Waals surface area contributed by atoms with Crippen molar-refractivity contribution in [2.24, 2.45) is 0 Å². The van der Waals surface area contributed by atoms with Gasteiger partial charge in [-0.1, -0.05) is 0 Å². The van der Waals surface area contributed by atoms with Crippen LogP contribution < -0.4 is 9.64 Å². The number of halogens is 3. The van der Waals surface area contributed by atoms with Gasteiger partial charge in [0.2, 0.25) is 5.95 Å². The van der Waals surface area contributed by atoms with Crippen LogP contribution in [-0.4, -0.2) is 63.9 Å². The van der Waals surface area contributed by atoms with Crippen LogP contribution in [0.15, 0.2) is 30.9 Å². The van der Waals surface area contributed by atoms with Crippen LogP contribution in [0.4, 0.5) is 23.9 Å². The lowest BCUT2D eigenvalue weighted by Crippen LogP contribution is -2.55. The Balaban J connectivity index is 1.55. The van der Waals surface area contributed by atoms with E-state index in [1.54, 1.807) is 12.3 Å². The van der Waals surface area contributed by atoms with Gasteiger partial charge in [0.05, 0.1) is 18.0 Å². The van der Waals surface area contributed by atoms with E-state index >= 15 is 0 Å². The Morgan fingerprint density at radius 2 is 2.03 bits per heavy atom. The zero-order valence-electron chi connectivity index (χ0n) is 17.4. The largest absolute Gasteiger partial charge is 0.486 e. The monoisotopic (exact) mass is 450 g/mol. The maximum absolute atomic E-state index is 12.6. The molecule has 170 valence electrons. The van der Waals surface area contributed by atoms with Crippen LogP contribution in [0, 0.1) is 11.3 Å². The first-order valence-electron chi connectivity index (χ1n) is 9.75. The molecule has 0 radical (unpaired) electrons. The van der Waals surface area contributed by atoms with E-state index in [0.29, 0.717) is 29.4 Å². The average molecular weight is 450 g/mol. The number of amides is 1. The van der Waals surface area contributed by atoms with Crippen molar-refractivity contribution in [2.75, 3.05) is 24.5 Å². The molecular weight excluding hydrogens is 429 g/mol. The molecule has 0 saturated carbocycles. The fraction of sp³-hybridized carbons (Fsp3) is 0.450. The summed E-state index contributed by atoms with van der Waals surface area (Å²) < 4.78 is 48.0. The topological polar surface area (TPSA) is 104 Å². The fourth-order valence-corrected chi connectivity index (χ4v) is 3.06. The van der Waals surface area contributed by atoms with Crippen LogP contribution in [0.5, 0.6) is 5.75 Å². The van der Waals surface area contributed by atoms with Crippen molar-refractivity contribution in [3.8, 4) is 11.8 Å². The van der Waals surface area contributed by atoms with Crippen LogP contribution in [0.2, 0.25) is 0 Å². The number of nitrogens with zero attached hydrogens (tertiary/aromatic N) is 6. The van der Waals surface area contributed by atoms with E-state index in [0.717, 1.165) is 6.92 Å². The van der Waals surface area contributed by atoms with Gasteiger partial charge in [-0.15, -0.1) is 0 Å². The molecule has 1 aliphatic heterocycles. The number of pyridine rings is 1. The number of aromatic nitrogens is 3. The number of hydrogen-bond acceptors (Lipinski definition) is 8. The van der Waals surface area contributed by atoms with Crippen molar-refractivity contribution >= 4 is 12.0 Å². The summed E-state index contributed by atoms with van der Waals surface area (Å²) >= 11 is 0. The lowest BCUT2D eigenvalue weighted by molar-refractivity contribution is -0.199. The van der Waals surface area contributed by atoms with E-state index < -0.39 is 18.4 Å². The summed E-state index contributed by atoms with van der Waals surface area (Å²) in [7, 11) is 0. The molecule has 0 N–H and O–H groups in total. The highest BCUT2D eigenvalue weighted by atomic mass is 19.4. The van der Waals surface area contributed by atoms with Crippen LogP contribution in [0.1, 0.15) is 25.0 Å². The highest BCUT2D eigenvalue weighted by Gasteiger charge is 2.40. The number of anilines is 1. The number of piperazine rings is 1. The molecule has 0 bridgehead atoms. The molecule has 2 atom stereocenters. The minimum atomic E-state index is -4.60. The number of ether oxygens (including phenoxy) is 2. The SMILES string of the molecule is CC1CN(C(=O)OC(C)C(F)(F)F)CCN1c1ncc(OCc2ccncc2C#N)cn1. The van der Waals surface area contributed by atoms with Crippen molar-refractivity contribution in [1.82, 2.24) is 19.9 Å². The Morgan fingerprint density at radius 1 is 1.31 bits per heavy atom. The first-order chi connectivity index (χ1) is 15.2. The van der Waals surface area contributed by atoms with Gasteiger partial charge in [0.25, 0.3) is 0 Å². The molecule has 1 saturated heterocycles. The maximum atomic E-state index is 12.6. The second-order valence-corrected chi connectivity index (χ2v) is 7.21. The number of alkyl halides is 3. The van der Waals surface area contributed by atoms with E-state index in [1.165, 1.54) is 23.5 Å². The summed E-state index contributed by atoms with van der Waals surface area (Å²) in [6, 6.07) is 3.50. The van der Waals surface area contributed by atoms with Gasteiger partial charge in [-0.3, -0.25) is 4.98 Å². The van der Waals surface area contributed by atoms with E-state index in [4.69, 9.17) is 10.00 Å². The number of hydrogen-bond donors (Lipinski definition) is 0. The Bertz CT molecular complexity index is 980. The van der Waals surface area contributed by atoms with Crippen LogP contribution in [-0.2, 0) is 11.3 Å². The Kier molecular flexibility index (Phi) is 6.97. The zero-order valence-corrected chi connectivity index (χ0v) is 17.4. The number of carbonyl (C=O) groups excluding carboxylic acids is 1. The number of nitriles is 1. The molecule has 2 aromatic rings. The first-order valence-corrected chi connectivity index (χ1v) is 9.75. The normalized spacial score (nSPS) is 17.4. The fourth-order valence-electron chi connectivity index (χ4n) is 3.06. The molecule has 3 heterocycles. The molecule has 9 nitrogen and oxygen atoms in total. The molecule has 12 heteroatoms. The van der Waals surface area contributed by atoms with E-state index in [1.807, 2.05) is 17.9 Å². The predicted molar refractivity (Wildman–Crippen MR) is 106 cm³/mol. The Hall–Kier alpha value is -3.62. The standard InChI is InChI=1S/C20H21F3N6O3/c1-13-11-28(19(30)32-14(2)20(21,22)23)5-6-29(13)18-26-9-17(10-27-18)31-12-15-3-4-25-8-16(15)7-24/h3-4,8-10,13-14H,5-6,11-12H2,1-2H3. The second-order valence-electron chi connectivity index (χ2n) is 7.21. The summed E-state index contributed by atoms with van der Waals surface area (Å²) in [6.45, 7) is 3.44. The molecule has 0 aliphatic carbocycles. The third-order valence-corrected chi connectivity index (χ3v) is 4.92. The molecule has 1 aliphatic rings. The summed E-state index contributed by atoms with van der Waals surface area (Å²) in [6.07, 6.45) is -1.76. The van der Waals surface area contributed by atoms with Crippen LogP contribution in [0.3, 0.4) is 0 Å². The number of rotatable bonds is 5. The van der Waals surface area contributed by atoms with E-state index in [2.05, 4.69) is 19.7 Å². The minimum Gasteiger partial charge on any atom is -0.486 e. The van der Waals surface area contributed by atoms with Crippen LogP contribution >= 0.6 is 0 Å². The predicted octanol–water partition coefficient (Wildman–Crippen LogP) is 2.92. The quantitative estimate of drug-likeness (QED) is 0.685. The molecule has 1 fully saturated rings. The average Bonchev–Trinajstić information content (AvgIpc) is 2.77. The van der Waals surface area contributed by atoms with Gasteiger partial charge >= 0.3 is 12.3 Å². The zero-order chi connectivity index (χ0) is 23.3. The van der Waals surface area contributed by atoms with Gasteiger partial charge in [0.1, 0.15) is 12.7 Å². The molecule has 0 spiro atoms. The van der Waals surface area contributed by atoms with Crippen molar-refractivity contribution in [3.63, 3.8) is 0 Å². The molecule has 2 aromatic heterocycles. The molecule has 0 aromatic carbocycles. The van der Waals surface area contributed by atoms with Gasteiger partial charge < -0.3 is 19.3 Å². The smallest absolute Gasteiger partial charge is 0.425 e. The molecule has 32 heavy (non-hydrogen) atoms. The lowest BCUT2D eigenvalue weighted by Gasteiger charge is -2.39. The van der Waals surface area contributed by atoms with E-state index in [-0.39, 0.29) is 25.7 Å². The highest BCUT2D eigenvalue weighted by Crippen LogP contribution is 2.24. The maximum Gasteiger partial charge on any atom is 0.425 e. The van der Waals surface area contributed by atoms with Gasteiger partial charge in [-0.2, -0.15) is 18.4 Å². The minimum absolute atomic E-state index is 0.154. The van der Waals surface area contributed by atoms with Crippen LogP contribution in [0.25, 0.3) is 0 Å². The van der Waals surface area contributed by atoms with Crippen molar-refractivity contribution < 1.29 is 27.4 Å². The third kappa shape index (κ3) is 5.54. The first kappa shape index (κ1) is 23.1. The van der Waals surface area contributed by atoms with Gasteiger partial charge in [0.15, 0.2) is 11.9 Å².